The van der Waals surface area contributed by atoms with E-state index in [4.69, 9.17) is 4.74 Å². The predicted molar refractivity (Wildman–Crippen MR) is 84.4 cm³/mol. The fourth-order valence-electron chi connectivity index (χ4n) is 3.25. The first kappa shape index (κ1) is 14.4. The Morgan fingerprint density at radius 3 is 2.95 bits per heavy atom. The number of hydrogen-bond donors (Lipinski definition) is 1. The summed E-state index contributed by atoms with van der Waals surface area (Å²) in [7, 11) is 0. The van der Waals surface area contributed by atoms with Gasteiger partial charge in [0.1, 0.15) is 12.4 Å². The third-order valence-electron chi connectivity index (χ3n) is 4.41. The smallest absolute Gasteiger partial charge is 0.166 e. The van der Waals surface area contributed by atoms with E-state index in [1.54, 1.807) is 0 Å². The Balaban J connectivity index is 1.83. The number of Topliss-reactive ketones (excluding diaryl/α,β-unsaturated/α-hetero) is 1. The molecule has 0 unspecified atom stereocenters. The molecule has 114 valence electrons. The standard InChI is InChI=1S/C17H24N2O2/c1-2-9-19-10-11-21-16-4-3-14(12-15(16)19)17(20)13-5-7-18-8-6-13/h3-4,12-13,18H,2,5-11H2,1H3. The molecule has 0 aliphatic carbocycles. The molecule has 21 heavy (non-hydrogen) atoms. The molecule has 0 spiro atoms. The summed E-state index contributed by atoms with van der Waals surface area (Å²) in [6, 6.07) is 5.93. The Kier molecular flexibility index (Phi) is 4.44. The van der Waals surface area contributed by atoms with Crippen molar-refractivity contribution in [3.8, 4) is 5.75 Å². The maximum atomic E-state index is 12.7. The van der Waals surface area contributed by atoms with E-state index in [2.05, 4.69) is 17.1 Å². The van der Waals surface area contributed by atoms with Crippen LogP contribution in [0.3, 0.4) is 0 Å². The summed E-state index contributed by atoms with van der Waals surface area (Å²) in [4.78, 5) is 15.0. The van der Waals surface area contributed by atoms with Crippen LogP contribution in [0.2, 0.25) is 0 Å². The summed E-state index contributed by atoms with van der Waals surface area (Å²) >= 11 is 0. The number of carbonyl (C=O) groups excluding carboxylic acids is 1. The van der Waals surface area contributed by atoms with Gasteiger partial charge in [-0.2, -0.15) is 0 Å². The van der Waals surface area contributed by atoms with Gasteiger partial charge in [0.2, 0.25) is 0 Å². The lowest BCUT2D eigenvalue weighted by atomic mass is 9.89. The van der Waals surface area contributed by atoms with E-state index in [0.717, 1.165) is 69.0 Å². The van der Waals surface area contributed by atoms with E-state index in [-0.39, 0.29) is 5.92 Å². The zero-order valence-corrected chi connectivity index (χ0v) is 12.7. The molecule has 1 aromatic rings. The minimum Gasteiger partial charge on any atom is -0.490 e. The van der Waals surface area contributed by atoms with Crippen LogP contribution in [-0.2, 0) is 0 Å². The fourth-order valence-corrected chi connectivity index (χ4v) is 3.25. The highest BCUT2D eigenvalue weighted by molar-refractivity contribution is 5.99. The summed E-state index contributed by atoms with van der Waals surface area (Å²) in [6.45, 7) is 6.74. The number of rotatable bonds is 4. The van der Waals surface area contributed by atoms with Crippen molar-refractivity contribution in [3.05, 3.63) is 23.8 Å². The van der Waals surface area contributed by atoms with Crippen molar-refractivity contribution < 1.29 is 9.53 Å². The van der Waals surface area contributed by atoms with Gasteiger partial charge in [-0.25, -0.2) is 0 Å². The van der Waals surface area contributed by atoms with Gasteiger partial charge in [-0.1, -0.05) is 6.92 Å². The van der Waals surface area contributed by atoms with Crippen LogP contribution in [0.4, 0.5) is 5.69 Å². The van der Waals surface area contributed by atoms with E-state index >= 15 is 0 Å². The molecule has 0 radical (unpaired) electrons. The minimum absolute atomic E-state index is 0.174. The normalized spacial score (nSPS) is 19.0. The molecular formula is C17H24N2O2. The summed E-state index contributed by atoms with van der Waals surface area (Å²) in [5, 5.41) is 3.31. The highest BCUT2D eigenvalue weighted by Gasteiger charge is 2.24. The third kappa shape index (κ3) is 3.05. The van der Waals surface area contributed by atoms with Crippen LogP contribution in [0.1, 0.15) is 36.5 Å². The lowest BCUT2D eigenvalue weighted by molar-refractivity contribution is 0.0895. The van der Waals surface area contributed by atoms with Gasteiger partial charge >= 0.3 is 0 Å². The molecule has 1 saturated heterocycles. The van der Waals surface area contributed by atoms with Crippen molar-refractivity contribution in [1.29, 1.82) is 0 Å². The number of fused-ring (bicyclic) bond motifs is 1. The Morgan fingerprint density at radius 1 is 1.38 bits per heavy atom. The molecule has 0 bridgehead atoms. The van der Waals surface area contributed by atoms with Gasteiger partial charge in [-0.15, -0.1) is 0 Å². The van der Waals surface area contributed by atoms with E-state index < -0.39 is 0 Å². The van der Waals surface area contributed by atoms with E-state index in [0.29, 0.717) is 5.78 Å². The maximum absolute atomic E-state index is 12.7. The van der Waals surface area contributed by atoms with Gasteiger partial charge in [0.15, 0.2) is 5.78 Å². The molecule has 4 heteroatoms. The van der Waals surface area contributed by atoms with Crippen LogP contribution in [0.5, 0.6) is 5.75 Å². The second-order valence-electron chi connectivity index (χ2n) is 5.91. The zero-order valence-electron chi connectivity index (χ0n) is 12.7. The molecule has 0 saturated carbocycles. The van der Waals surface area contributed by atoms with Gasteiger partial charge < -0.3 is 15.0 Å². The monoisotopic (exact) mass is 288 g/mol. The molecule has 1 fully saturated rings. The van der Waals surface area contributed by atoms with Crippen LogP contribution in [-0.4, -0.2) is 38.6 Å². The quantitative estimate of drug-likeness (QED) is 0.864. The number of benzene rings is 1. The minimum atomic E-state index is 0.174. The molecule has 0 aromatic heterocycles. The van der Waals surface area contributed by atoms with Crippen molar-refractivity contribution in [1.82, 2.24) is 5.32 Å². The Labute approximate surface area is 126 Å². The van der Waals surface area contributed by atoms with Crippen molar-refractivity contribution >= 4 is 11.5 Å². The highest BCUT2D eigenvalue weighted by atomic mass is 16.5. The van der Waals surface area contributed by atoms with Crippen LogP contribution in [0.25, 0.3) is 0 Å². The summed E-state index contributed by atoms with van der Waals surface area (Å²) in [5.74, 6) is 1.38. The van der Waals surface area contributed by atoms with E-state index in [1.165, 1.54) is 0 Å². The topological polar surface area (TPSA) is 41.6 Å². The van der Waals surface area contributed by atoms with Crippen LogP contribution < -0.4 is 15.0 Å². The molecule has 2 aliphatic heterocycles. The zero-order chi connectivity index (χ0) is 14.7. The van der Waals surface area contributed by atoms with Gasteiger partial charge in [-0.3, -0.25) is 4.79 Å². The molecule has 4 nitrogen and oxygen atoms in total. The Hall–Kier alpha value is -1.55. The Morgan fingerprint density at radius 2 is 2.19 bits per heavy atom. The first-order valence-electron chi connectivity index (χ1n) is 8.06. The maximum Gasteiger partial charge on any atom is 0.166 e. The molecule has 1 N–H and O–H groups in total. The third-order valence-corrected chi connectivity index (χ3v) is 4.41. The number of anilines is 1. The van der Waals surface area contributed by atoms with E-state index in [9.17, 15) is 4.79 Å². The van der Waals surface area contributed by atoms with Gasteiger partial charge in [0.05, 0.1) is 12.2 Å². The molecule has 2 aliphatic rings. The number of carbonyl (C=O) groups is 1. The largest absolute Gasteiger partial charge is 0.490 e. The fraction of sp³-hybridized carbons (Fsp3) is 0.588. The number of ether oxygens (including phenoxy) is 1. The van der Waals surface area contributed by atoms with Gasteiger partial charge in [0, 0.05) is 18.0 Å². The average Bonchev–Trinajstić information content (AvgIpc) is 2.55. The van der Waals surface area contributed by atoms with Gasteiger partial charge in [-0.05, 0) is 50.6 Å². The number of nitrogens with one attached hydrogen (secondary N) is 1. The van der Waals surface area contributed by atoms with E-state index in [1.807, 2.05) is 18.2 Å². The van der Waals surface area contributed by atoms with Crippen LogP contribution in [0.15, 0.2) is 18.2 Å². The predicted octanol–water partition coefficient (Wildman–Crippen LogP) is 2.48. The van der Waals surface area contributed by atoms with Crippen LogP contribution in [0, 0.1) is 5.92 Å². The van der Waals surface area contributed by atoms with Crippen molar-refractivity contribution in [2.45, 2.75) is 26.2 Å². The SMILES string of the molecule is CCCN1CCOc2ccc(C(=O)C3CCNCC3)cc21. The number of piperidine rings is 1. The number of hydrogen-bond acceptors (Lipinski definition) is 4. The summed E-state index contributed by atoms with van der Waals surface area (Å²) < 4.78 is 5.72. The molecule has 2 heterocycles. The molecule has 1 aromatic carbocycles. The van der Waals surface area contributed by atoms with Crippen molar-refractivity contribution in [2.24, 2.45) is 5.92 Å². The molecule has 0 amide bonds. The summed E-state index contributed by atoms with van der Waals surface area (Å²) in [5.41, 5.74) is 1.93. The van der Waals surface area contributed by atoms with Gasteiger partial charge in [0.25, 0.3) is 0 Å². The molecule has 3 rings (SSSR count). The first-order valence-corrected chi connectivity index (χ1v) is 8.06. The summed E-state index contributed by atoms with van der Waals surface area (Å²) in [6.07, 6.45) is 3.00. The molecule has 0 atom stereocenters. The highest BCUT2D eigenvalue weighted by Crippen LogP contribution is 2.33. The van der Waals surface area contributed by atoms with Crippen molar-refractivity contribution in [2.75, 3.05) is 37.7 Å². The second kappa shape index (κ2) is 6.48. The molecular weight excluding hydrogens is 264 g/mol. The lowest BCUT2D eigenvalue weighted by Crippen LogP contribution is -2.34. The Bertz CT molecular complexity index is 510. The lowest BCUT2D eigenvalue weighted by Gasteiger charge is -2.31. The van der Waals surface area contributed by atoms with Crippen LogP contribution >= 0.6 is 0 Å². The number of nitrogens with zero attached hydrogens (tertiary/aromatic N) is 1. The number of ketones is 1. The average molecular weight is 288 g/mol. The van der Waals surface area contributed by atoms with Crippen molar-refractivity contribution in [3.63, 3.8) is 0 Å². The second-order valence-corrected chi connectivity index (χ2v) is 5.91. The first-order chi connectivity index (χ1) is 10.3.